The van der Waals surface area contributed by atoms with Crippen LogP contribution in [0.5, 0.6) is 0 Å². The monoisotopic (exact) mass is 301 g/mol. The van der Waals surface area contributed by atoms with Crippen molar-refractivity contribution in [1.29, 1.82) is 5.26 Å². The molecule has 1 heterocycles. The Balaban J connectivity index is 2.37. The van der Waals surface area contributed by atoms with Gasteiger partial charge in [0, 0.05) is 10.9 Å². The van der Waals surface area contributed by atoms with Crippen molar-refractivity contribution in [2.24, 2.45) is 5.92 Å². The Kier molecular flexibility index (Phi) is 4.55. The van der Waals surface area contributed by atoms with Gasteiger partial charge in [0.25, 0.3) is 5.69 Å². The maximum absolute atomic E-state index is 11.2. The van der Waals surface area contributed by atoms with Gasteiger partial charge < -0.3 is 5.32 Å². The van der Waals surface area contributed by atoms with E-state index in [-0.39, 0.29) is 23.2 Å². The molecule has 0 radical (unpaired) electrons. The molecule has 0 saturated heterocycles. The Morgan fingerprint density at radius 1 is 1.38 bits per heavy atom. The summed E-state index contributed by atoms with van der Waals surface area (Å²) in [4.78, 5) is 11.9. The zero-order chi connectivity index (χ0) is 15.4. The lowest BCUT2D eigenvalue weighted by Gasteiger charge is -2.22. The Bertz CT molecular complexity index is 675. The summed E-state index contributed by atoms with van der Waals surface area (Å²) in [6.07, 6.45) is 0. The largest absolute Gasteiger partial charge is 0.372 e. The summed E-state index contributed by atoms with van der Waals surface area (Å²) in [5.74, 6) is 0.277. The van der Waals surface area contributed by atoms with Gasteiger partial charge in [0.15, 0.2) is 0 Å². The van der Waals surface area contributed by atoms with Gasteiger partial charge in [-0.25, -0.2) is 0 Å². The van der Waals surface area contributed by atoms with E-state index in [0.29, 0.717) is 5.69 Å². The normalized spacial score (nSPS) is 11.9. The van der Waals surface area contributed by atoms with Crippen LogP contribution in [0.15, 0.2) is 35.7 Å². The smallest absolute Gasteiger partial charge is 0.293 e. The van der Waals surface area contributed by atoms with Crippen LogP contribution in [-0.2, 0) is 0 Å². The van der Waals surface area contributed by atoms with Gasteiger partial charge in [-0.15, -0.1) is 11.3 Å². The first-order chi connectivity index (χ1) is 10.0. The van der Waals surface area contributed by atoms with Gasteiger partial charge in [-0.05, 0) is 29.5 Å². The van der Waals surface area contributed by atoms with Crippen molar-refractivity contribution in [2.75, 3.05) is 5.32 Å². The first-order valence-electron chi connectivity index (χ1n) is 6.51. The molecule has 2 rings (SSSR count). The molecule has 1 aromatic heterocycles. The number of nitro benzene ring substituents is 1. The maximum Gasteiger partial charge on any atom is 0.293 e. The molecule has 1 N–H and O–H groups in total. The van der Waals surface area contributed by atoms with Crippen molar-refractivity contribution in [3.8, 4) is 6.07 Å². The van der Waals surface area contributed by atoms with Crippen LogP contribution in [0.25, 0.3) is 0 Å². The second-order valence-corrected chi connectivity index (χ2v) is 5.96. The Morgan fingerprint density at radius 2 is 2.14 bits per heavy atom. The summed E-state index contributed by atoms with van der Waals surface area (Å²) in [6, 6.07) is 10.4. The van der Waals surface area contributed by atoms with Crippen LogP contribution >= 0.6 is 11.3 Å². The van der Waals surface area contributed by atoms with E-state index in [9.17, 15) is 10.1 Å². The Labute approximate surface area is 127 Å². The molecule has 0 fully saturated rings. The fourth-order valence-electron chi connectivity index (χ4n) is 2.08. The van der Waals surface area contributed by atoms with E-state index in [0.717, 1.165) is 4.88 Å². The molecule has 0 aliphatic heterocycles. The fourth-order valence-corrected chi connectivity index (χ4v) is 3.03. The minimum Gasteiger partial charge on any atom is -0.372 e. The highest BCUT2D eigenvalue weighted by Gasteiger charge is 2.21. The van der Waals surface area contributed by atoms with Crippen LogP contribution in [0.1, 0.15) is 30.3 Å². The van der Waals surface area contributed by atoms with Gasteiger partial charge in [-0.2, -0.15) is 5.26 Å². The van der Waals surface area contributed by atoms with Crippen molar-refractivity contribution in [3.05, 3.63) is 56.3 Å². The van der Waals surface area contributed by atoms with Crippen LogP contribution in [0, 0.1) is 27.4 Å². The molecule has 6 heteroatoms. The number of nitrogens with one attached hydrogen (secondary N) is 1. The molecule has 0 saturated carbocycles. The molecule has 0 aliphatic carbocycles. The van der Waals surface area contributed by atoms with E-state index in [4.69, 9.17) is 5.26 Å². The minimum atomic E-state index is -0.463. The van der Waals surface area contributed by atoms with E-state index in [1.807, 2.05) is 23.6 Å². The van der Waals surface area contributed by atoms with E-state index in [2.05, 4.69) is 19.2 Å². The number of anilines is 1. The van der Waals surface area contributed by atoms with Crippen molar-refractivity contribution in [3.63, 3.8) is 0 Å². The molecule has 2 aromatic rings. The fraction of sp³-hybridized carbons (Fsp3) is 0.267. The number of benzene rings is 1. The van der Waals surface area contributed by atoms with Crippen LogP contribution in [0.2, 0.25) is 0 Å². The molecule has 0 spiro atoms. The predicted molar refractivity (Wildman–Crippen MR) is 83.3 cm³/mol. The molecule has 0 aliphatic rings. The number of thiophene rings is 1. The maximum atomic E-state index is 11.2. The standard InChI is InChI=1S/C15H15N3O2S/c1-10(2)15(14-4-3-7-21-14)17-12-6-5-11(9-16)8-13(12)18(19)20/h3-8,10,15,17H,1-2H3. The molecule has 1 atom stereocenters. The number of nitrogens with zero attached hydrogens (tertiary/aromatic N) is 2. The molecule has 21 heavy (non-hydrogen) atoms. The van der Waals surface area contributed by atoms with Crippen molar-refractivity contribution in [2.45, 2.75) is 19.9 Å². The predicted octanol–water partition coefficient (Wildman–Crippen LogP) is 4.34. The first kappa shape index (κ1) is 15.0. The van der Waals surface area contributed by atoms with Crippen LogP contribution in [-0.4, -0.2) is 4.92 Å². The highest BCUT2D eigenvalue weighted by molar-refractivity contribution is 7.10. The van der Waals surface area contributed by atoms with Gasteiger partial charge in [0.2, 0.25) is 0 Å². The van der Waals surface area contributed by atoms with Gasteiger partial charge >= 0.3 is 0 Å². The van der Waals surface area contributed by atoms with Gasteiger partial charge in [0.05, 0.1) is 22.6 Å². The van der Waals surface area contributed by atoms with Crippen molar-refractivity contribution in [1.82, 2.24) is 0 Å². The van der Waals surface area contributed by atoms with Crippen LogP contribution < -0.4 is 5.32 Å². The van der Waals surface area contributed by atoms with Crippen LogP contribution in [0.4, 0.5) is 11.4 Å². The second-order valence-electron chi connectivity index (χ2n) is 4.98. The average Bonchev–Trinajstić information content (AvgIpc) is 2.98. The number of hydrogen-bond acceptors (Lipinski definition) is 5. The molecular formula is C15H15N3O2S. The summed E-state index contributed by atoms with van der Waals surface area (Å²) in [7, 11) is 0. The Hall–Kier alpha value is -2.39. The molecule has 5 nitrogen and oxygen atoms in total. The second kappa shape index (κ2) is 6.37. The lowest BCUT2D eigenvalue weighted by atomic mass is 10.0. The number of nitriles is 1. The highest BCUT2D eigenvalue weighted by Crippen LogP contribution is 2.34. The third-order valence-electron chi connectivity index (χ3n) is 3.15. The molecule has 1 unspecified atom stereocenters. The van der Waals surface area contributed by atoms with Crippen molar-refractivity contribution >= 4 is 22.7 Å². The zero-order valence-electron chi connectivity index (χ0n) is 11.7. The summed E-state index contributed by atoms with van der Waals surface area (Å²) >= 11 is 1.62. The molecule has 108 valence electrons. The molecule has 1 aromatic carbocycles. The summed E-state index contributed by atoms with van der Waals surface area (Å²) < 4.78 is 0. The summed E-state index contributed by atoms with van der Waals surface area (Å²) in [6.45, 7) is 4.12. The van der Waals surface area contributed by atoms with Gasteiger partial charge in [-0.1, -0.05) is 19.9 Å². The summed E-state index contributed by atoms with van der Waals surface area (Å²) in [5, 5.41) is 25.3. The van der Waals surface area contributed by atoms with Gasteiger partial charge in [-0.3, -0.25) is 10.1 Å². The number of rotatable bonds is 5. The van der Waals surface area contributed by atoms with E-state index >= 15 is 0 Å². The minimum absolute atomic E-state index is 0.00312. The SMILES string of the molecule is CC(C)C(Nc1ccc(C#N)cc1[N+](=O)[O-])c1cccs1. The van der Waals surface area contributed by atoms with Crippen LogP contribution in [0.3, 0.4) is 0 Å². The van der Waals surface area contributed by atoms with Gasteiger partial charge in [0.1, 0.15) is 5.69 Å². The number of hydrogen-bond donors (Lipinski definition) is 1. The third kappa shape index (κ3) is 3.38. The summed E-state index contributed by atoms with van der Waals surface area (Å²) in [5.41, 5.74) is 0.645. The Morgan fingerprint density at radius 3 is 2.67 bits per heavy atom. The quantitative estimate of drug-likeness (QED) is 0.658. The van der Waals surface area contributed by atoms with E-state index in [1.165, 1.54) is 6.07 Å². The van der Waals surface area contributed by atoms with Crippen molar-refractivity contribution < 1.29 is 4.92 Å². The third-order valence-corrected chi connectivity index (χ3v) is 4.11. The topological polar surface area (TPSA) is 79.0 Å². The van der Waals surface area contributed by atoms with E-state index in [1.54, 1.807) is 23.5 Å². The lowest BCUT2D eigenvalue weighted by Crippen LogP contribution is -2.16. The molecule has 0 amide bonds. The lowest BCUT2D eigenvalue weighted by molar-refractivity contribution is -0.384. The molecular weight excluding hydrogens is 286 g/mol. The zero-order valence-corrected chi connectivity index (χ0v) is 12.6. The highest BCUT2D eigenvalue weighted by atomic mass is 32.1. The van der Waals surface area contributed by atoms with E-state index < -0.39 is 4.92 Å². The first-order valence-corrected chi connectivity index (χ1v) is 7.39. The number of nitro groups is 1. The molecule has 0 bridgehead atoms. The average molecular weight is 301 g/mol.